The third kappa shape index (κ3) is 4.41. The normalized spacial score (nSPS) is 25.6. The number of benzene rings is 3. The number of hydrogen-bond donors (Lipinski definition) is 0. The monoisotopic (exact) mass is 458 g/mol. The van der Waals surface area contributed by atoms with Crippen molar-refractivity contribution >= 4 is 0 Å². The van der Waals surface area contributed by atoms with Crippen molar-refractivity contribution in [2.24, 2.45) is 0 Å². The van der Waals surface area contributed by atoms with Crippen LogP contribution in [-0.2, 0) is 48.2 Å². The zero-order valence-electron chi connectivity index (χ0n) is 18.8. The number of rotatable bonds is 10. The summed E-state index contributed by atoms with van der Waals surface area (Å²) in [5.41, 5.74) is 9.91. The van der Waals surface area contributed by atoms with Gasteiger partial charge in [0.15, 0.2) is 18.9 Å². The van der Waals surface area contributed by atoms with E-state index < -0.39 is 0 Å². The number of epoxide rings is 3. The van der Waals surface area contributed by atoms with Gasteiger partial charge in [-0.25, -0.2) is 0 Å². The molecule has 34 heavy (non-hydrogen) atoms. The van der Waals surface area contributed by atoms with Crippen LogP contribution in [0.15, 0.2) is 60.7 Å². The average Bonchev–Trinajstić information content (AvgIpc) is 3.74. The Morgan fingerprint density at radius 1 is 0.559 bits per heavy atom. The standard InChI is InChI=1S/C28H26O6/c1-5-20(6-2-17(1)11-29-25-14-32-25)28-21-7-3-18(12-30-26-15-33-26)9-23(21)24-10-19(4-8-22(24)28)13-31-27-16-34-27/h1-10,25-28H,11-16H2. The van der Waals surface area contributed by atoms with Gasteiger partial charge in [0.2, 0.25) is 0 Å². The highest BCUT2D eigenvalue weighted by Crippen LogP contribution is 2.48. The van der Waals surface area contributed by atoms with Gasteiger partial charge in [0.25, 0.3) is 0 Å². The van der Waals surface area contributed by atoms with E-state index in [1.807, 2.05) is 0 Å². The van der Waals surface area contributed by atoms with Gasteiger partial charge in [0.1, 0.15) is 19.8 Å². The zero-order valence-corrected chi connectivity index (χ0v) is 18.8. The van der Waals surface area contributed by atoms with Crippen molar-refractivity contribution in [2.45, 2.75) is 44.6 Å². The summed E-state index contributed by atoms with van der Waals surface area (Å²) in [6.45, 7) is 3.77. The molecule has 6 nitrogen and oxygen atoms in total. The lowest BCUT2D eigenvalue weighted by atomic mass is 9.88. The zero-order chi connectivity index (χ0) is 22.5. The largest absolute Gasteiger partial charge is 0.346 e. The number of ether oxygens (including phenoxy) is 6. The van der Waals surface area contributed by atoms with E-state index in [0.717, 1.165) is 16.7 Å². The fraction of sp³-hybridized carbons (Fsp3) is 0.357. The molecule has 3 unspecified atom stereocenters. The van der Waals surface area contributed by atoms with Crippen LogP contribution in [-0.4, -0.2) is 38.7 Å². The Morgan fingerprint density at radius 2 is 0.971 bits per heavy atom. The number of fused-ring (bicyclic) bond motifs is 3. The first-order chi connectivity index (χ1) is 16.8. The molecule has 3 heterocycles. The molecule has 0 N–H and O–H groups in total. The molecular formula is C28H26O6. The minimum Gasteiger partial charge on any atom is -0.346 e. The summed E-state index contributed by atoms with van der Waals surface area (Å²) < 4.78 is 32.8. The Balaban J connectivity index is 1.20. The fourth-order valence-corrected chi connectivity index (χ4v) is 4.66. The van der Waals surface area contributed by atoms with E-state index in [9.17, 15) is 0 Å². The minimum atomic E-state index is -0.0457. The topological polar surface area (TPSA) is 65.3 Å². The van der Waals surface area contributed by atoms with Gasteiger partial charge in [-0.05, 0) is 56.6 Å². The van der Waals surface area contributed by atoms with E-state index in [1.165, 1.54) is 27.8 Å². The van der Waals surface area contributed by atoms with Gasteiger partial charge in [0.05, 0.1) is 19.8 Å². The lowest BCUT2D eigenvalue weighted by Crippen LogP contribution is -2.02. The molecule has 0 aromatic heterocycles. The van der Waals surface area contributed by atoms with E-state index in [4.69, 9.17) is 28.4 Å². The van der Waals surface area contributed by atoms with Crippen LogP contribution in [0, 0.1) is 0 Å². The predicted octanol–water partition coefficient (Wildman–Crippen LogP) is 4.47. The predicted molar refractivity (Wildman–Crippen MR) is 123 cm³/mol. The molecule has 0 saturated carbocycles. The van der Waals surface area contributed by atoms with Crippen molar-refractivity contribution in [2.75, 3.05) is 19.8 Å². The van der Waals surface area contributed by atoms with Gasteiger partial charge in [-0.3, -0.25) is 0 Å². The van der Waals surface area contributed by atoms with Crippen LogP contribution in [0.2, 0.25) is 0 Å². The highest BCUT2D eigenvalue weighted by molar-refractivity contribution is 5.81. The second-order valence-corrected chi connectivity index (χ2v) is 9.24. The van der Waals surface area contributed by atoms with Gasteiger partial charge in [-0.2, -0.15) is 0 Å². The van der Waals surface area contributed by atoms with Crippen molar-refractivity contribution in [1.82, 2.24) is 0 Å². The van der Waals surface area contributed by atoms with Crippen molar-refractivity contribution in [3.63, 3.8) is 0 Å². The molecular weight excluding hydrogens is 432 g/mol. The van der Waals surface area contributed by atoms with Gasteiger partial charge < -0.3 is 28.4 Å². The first kappa shape index (κ1) is 20.8. The first-order valence-electron chi connectivity index (χ1n) is 11.8. The average molecular weight is 459 g/mol. The second-order valence-electron chi connectivity index (χ2n) is 9.24. The van der Waals surface area contributed by atoms with Gasteiger partial charge in [-0.1, -0.05) is 48.5 Å². The van der Waals surface area contributed by atoms with Crippen LogP contribution in [0.3, 0.4) is 0 Å². The Morgan fingerprint density at radius 3 is 1.41 bits per heavy atom. The van der Waals surface area contributed by atoms with E-state index in [0.29, 0.717) is 39.6 Å². The molecule has 3 aliphatic heterocycles. The van der Waals surface area contributed by atoms with Crippen LogP contribution in [0.1, 0.15) is 39.3 Å². The van der Waals surface area contributed by atoms with Gasteiger partial charge in [0, 0.05) is 5.92 Å². The van der Waals surface area contributed by atoms with Crippen LogP contribution in [0.5, 0.6) is 0 Å². The van der Waals surface area contributed by atoms with E-state index >= 15 is 0 Å². The summed E-state index contributed by atoms with van der Waals surface area (Å²) in [7, 11) is 0. The van der Waals surface area contributed by atoms with Crippen molar-refractivity contribution in [1.29, 1.82) is 0 Å². The summed E-state index contributed by atoms with van der Waals surface area (Å²) in [5, 5.41) is 0. The van der Waals surface area contributed by atoms with E-state index in [2.05, 4.69) is 60.7 Å². The maximum atomic E-state index is 5.77. The minimum absolute atomic E-state index is 0.0254. The van der Waals surface area contributed by atoms with Crippen molar-refractivity contribution in [3.8, 4) is 11.1 Å². The van der Waals surface area contributed by atoms with Gasteiger partial charge >= 0.3 is 0 Å². The first-order valence-corrected chi connectivity index (χ1v) is 11.8. The molecule has 3 aromatic carbocycles. The number of hydrogen-bond acceptors (Lipinski definition) is 6. The third-order valence-corrected chi connectivity index (χ3v) is 6.68. The Labute approximate surface area is 198 Å². The molecule has 0 radical (unpaired) electrons. The van der Waals surface area contributed by atoms with Gasteiger partial charge in [-0.15, -0.1) is 0 Å². The fourth-order valence-electron chi connectivity index (χ4n) is 4.66. The summed E-state index contributed by atoms with van der Waals surface area (Å²) >= 11 is 0. The summed E-state index contributed by atoms with van der Waals surface area (Å²) in [5.74, 6) is 0.190. The second kappa shape index (κ2) is 8.57. The Hall–Kier alpha value is -2.58. The van der Waals surface area contributed by atoms with E-state index in [-0.39, 0.29) is 24.8 Å². The SMILES string of the molecule is c1cc(C2c3ccc(COC4CO4)cc3-c3cc(COC4CO4)ccc32)ccc1COC1CO1. The summed E-state index contributed by atoms with van der Waals surface area (Å²) in [6.07, 6.45) is -0.117. The highest BCUT2D eigenvalue weighted by atomic mass is 16.8. The van der Waals surface area contributed by atoms with Crippen molar-refractivity contribution < 1.29 is 28.4 Å². The molecule has 3 aromatic rings. The Bertz CT molecular complexity index is 1130. The molecule has 6 heteroatoms. The highest BCUT2D eigenvalue weighted by Gasteiger charge is 2.31. The third-order valence-electron chi connectivity index (χ3n) is 6.68. The molecule has 1 aliphatic carbocycles. The molecule has 4 aliphatic rings. The summed E-state index contributed by atoms with van der Waals surface area (Å²) in [6, 6.07) is 22.1. The summed E-state index contributed by atoms with van der Waals surface area (Å²) in [4.78, 5) is 0. The Kier molecular flexibility index (Phi) is 5.24. The lowest BCUT2D eigenvalue weighted by molar-refractivity contribution is 0.0384. The van der Waals surface area contributed by atoms with Crippen LogP contribution in [0.4, 0.5) is 0 Å². The molecule has 0 amide bonds. The van der Waals surface area contributed by atoms with Crippen molar-refractivity contribution in [3.05, 3.63) is 94.0 Å². The quantitative estimate of drug-likeness (QED) is 0.327. The molecule has 0 spiro atoms. The molecule has 3 saturated heterocycles. The molecule has 174 valence electrons. The maximum absolute atomic E-state index is 5.77. The van der Waals surface area contributed by atoms with Crippen LogP contribution in [0.25, 0.3) is 11.1 Å². The molecule has 0 bridgehead atoms. The molecule has 3 atom stereocenters. The van der Waals surface area contributed by atoms with Crippen LogP contribution < -0.4 is 0 Å². The smallest absolute Gasteiger partial charge is 0.181 e. The van der Waals surface area contributed by atoms with E-state index in [1.54, 1.807) is 0 Å². The molecule has 3 fully saturated rings. The molecule has 7 rings (SSSR count). The van der Waals surface area contributed by atoms with Crippen LogP contribution >= 0.6 is 0 Å². The maximum Gasteiger partial charge on any atom is 0.181 e. The lowest BCUT2D eigenvalue weighted by Gasteiger charge is -2.16.